The highest BCUT2D eigenvalue weighted by Crippen LogP contribution is 2.10. The zero-order valence-electron chi connectivity index (χ0n) is 15.4. The topological polar surface area (TPSA) is 67.4 Å². The van der Waals surface area contributed by atoms with Gasteiger partial charge in [-0.2, -0.15) is 11.8 Å². The summed E-state index contributed by atoms with van der Waals surface area (Å²) in [4.78, 5) is 24.6. The Morgan fingerprint density at radius 1 is 1.14 bits per heavy atom. The molecule has 5 nitrogen and oxygen atoms in total. The van der Waals surface area contributed by atoms with Crippen molar-refractivity contribution in [3.63, 3.8) is 0 Å². The summed E-state index contributed by atoms with van der Waals surface area (Å²) in [5.41, 5.74) is 0.0377. The Balaban J connectivity index is 1.90. The average Bonchev–Trinajstić information content (AvgIpc) is 2.70. The van der Waals surface area contributed by atoms with Crippen molar-refractivity contribution < 1.29 is 23.1 Å². The van der Waals surface area contributed by atoms with Crippen LogP contribution in [0.25, 0.3) is 0 Å². The van der Waals surface area contributed by atoms with Crippen molar-refractivity contribution in [1.82, 2.24) is 10.6 Å². The van der Waals surface area contributed by atoms with Crippen LogP contribution in [0.15, 0.2) is 48.5 Å². The highest BCUT2D eigenvalue weighted by molar-refractivity contribution is 7.98. The van der Waals surface area contributed by atoms with E-state index in [4.69, 9.17) is 4.74 Å². The van der Waals surface area contributed by atoms with Gasteiger partial charge in [-0.05, 0) is 48.8 Å². The summed E-state index contributed by atoms with van der Waals surface area (Å²) in [5.74, 6) is -0.914. The van der Waals surface area contributed by atoms with Crippen LogP contribution in [0.5, 0.6) is 5.75 Å². The lowest BCUT2D eigenvalue weighted by molar-refractivity contribution is -0.130. The van der Waals surface area contributed by atoms with Gasteiger partial charge in [0, 0.05) is 12.1 Å². The van der Waals surface area contributed by atoms with Crippen LogP contribution in [-0.4, -0.2) is 36.5 Å². The van der Waals surface area contributed by atoms with Crippen molar-refractivity contribution in [3.8, 4) is 5.75 Å². The van der Waals surface area contributed by atoms with Gasteiger partial charge < -0.3 is 15.4 Å². The molecule has 2 aromatic rings. The van der Waals surface area contributed by atoms with Crippen LogP contribution in [0.4, 0.5) is 8.78 Å². The van der Waals surface area contributed by atoms with Crippen LogP contribution >= 0.6 is 11.8 Å². The van der Waals surface area contributed by atoms with E-state index in [1.165, 1.54) is 11.8 Å². The van der Waals surface area contributed by atoms with Gasteiger partial charge in [-0.25, -0.2) is 8.78 Å². The Hall–Kier alpha value is -2.61. The van der Waals surface area contributed by atoms with Crippen LogP contribution in [0.1, 0.15) is 12.0 Å². The molecule has 0 heterocycles. The van der Waals surface area contributed by atoms with E-state index in [9.17, 15) is 18.4 Å². The molecular formula is C20H22F2N2O3S. The zero-order valence-corrected chi connectivity index (χ0v) is 16.2. The minimum absolute atomic E-state index is 0.0377. The standard InChI is InChI=1S/C20H22F2N2O3S/c1-28-10-9-18(24-19(25)13-27-16-5-3-2-4-6-16)20(26)23-12-14-11-15(21)7-8-17(14)22/h2-8,11,18H,9-10,12-13H2,1H3,(H,23,26)(H,24,25). The molecule has 0 spiro atoms. The average molecular weight is 408 g/mol. The molecule has 0 bridgehead atoms. The summed E-state index contributed by atoms with van der Waals surface area (Å²) in [7, 11) is 0. The van der Waals surface area contributed by atoms with Crippen LogP contribution in [0, 0.1) is 11.6 Å². The van der Waals surface area contributed by atoms with Gasteiger partial charge in [0.2, 0.25) is 5.91 Å². The Bertz CT molecular complexity index is 790. The zero-order chi connectivity index (χ0) is 20.4. The van der Waals surface area contributed by atoms with E-state index in [1.807, 2.05) is 12.3 Å². The minimum Gasteiger partial charge on any atom is -0.484 e. The maximum Gasteiger partial charge on any atom is 0.258 e. The Morgan fingerprint density at radius 3 is 2.61 bits per heavy atom. The number of hydrogen-bond donors (Lipinski definition) is 2. The molecule has 1 unspecified atom stereocenters. The molecule has 0 saturated carbocycles. The number of thioether (sulfide) groups is 1. The summed E-state index contributed by atoms with van der Waals surface area (Å²) in [6.07, 6.45) is 2.28. The summed E-state index contributed by atoms with van der Waals surface area (Å²) in [6, 6.07) is 11.1. The lowest BCUT2D eigenvalue weighted by atomic mass is 10.1. The SMILES string of the molecule is CSCCC(NC(=O)COc1ccccc1)C(=O)NCc1cc(F)ccc1F. The van der Waals surface area contributed by atoms with Crippen molar-refractivity contribution >= 4 is 23.6 Å². The minimum atomic E-state index is -0.795. The molecule has 0 radical (unpaired) electrons. The predicted octanol–water partition coefficient (Wildman–Crippen LogP) is 2.90. The number of rotatable bonds is 10. The first-order valence-electron chi connectivity index (χ1n) is 8.67. The molecule has 2 amide bonds. The van der Waals surface area contributed by atoms with Crippen LogP contribution in [-0.2, 0) is 16.1 Å². The fraction of sp³-hybridized carbons (Fsp3) is 0.300. The van der Waals surface area contributed by atoms with Crippen molar-refractivity contribution in [2.45, 2.75) is 19.0 Å². The van der Waals surface area contributed by atoms with E-state index in [2.05, 4.69) is 10.6 Å². The van der Waals surface area contributed by atoms with E-state index in [0.29, 0.717) is 17.9 Å². The molecule has 2 aromatic carbocycles. The van der Waals surface area contributed by atoms with Gasteiger partial charge in [-0.15, -0.1) is 0 Å². The summed E-state index contributed by atoms with van der Waals surface area (Å²) in [5, 5.41) is 5.17. The van der Waals surface area contributed by atoms with Crippen LogP contribution in [0.3, 0.4) is 0 Å². The molecule has 2 rings (SSSR count). The molecule has 0 saturated heterocycles. The number of carbonyl (C=O) groups is 2. The molecule has 0 aliphatic heterocycles. The molecule has 28 heavy (non-hydrogen) atoms. The molecule has 0 fully saturated rings. The Labute approximate surface area is 166 Å². The number of halogens is 2. The quantitative estimate of drug-likeness (QED) is 0.634. The third-order valence-corrected chi connectivity index (χ3v) is 4.48. The maximum atomic E-state index is 13.7. The second-order valence-corrected chi connectivity index (χ2v) is 6.94. The van der Waals surface area contributed by atoms with Gasteiger partial charge in [-0.1, -0.05) is 18.2 Å². The molecule has 2 N–H and O–H groups in total. The highest BCUT2D eigenvalue weighted by atomic mass is 32.2. The smallest absolute Gasteiger partial charge is 0.258 e. The van der Waals surface area contributed by atoms with Crippen LogP contribution < -0.4 is 15.4 Å². The molecule has 0 aromatic heterocycles. The normalized spacial score (nSPS) is 11.5. The predicted molar refractivity (Wildman–Crippen MR) is 105 cm³/mol. The number of nitrogens with one attached hydrogen (secondary N) is 2. The van der Waals surface area contributed by atoms with Crippen LogP contribution in [0.2, 0.25) is 0 Å². The van der Waals surface area contributed by atoms with Crippen molar-refractivity contribution in [3.05, 3.63) is 65.7 Å². The van der Waals surface area contributed by atoms with E-state index in [-0.39, 0.29) is 18.7 Å². The third kappa shape index (κ3) is 7.19. The van der Waals surface area contributed by atoms with Crippen molar-refractivity contribution in [2.75, 3.05) is 18.6 Å². The van der Waals surface area contributed by atoms with Gasteiger partial charge >= 0.3 is 0 Å². The number of benzene rings is 2. The van der Waals surface area contributed by atoms with Gasteiger partial charge in [-0.3, -0.25) is 9.59 Å². The number of ether oxygens (including phenoxy) is 1. The van der Waals surface area contributed by atoms with E-state index < -0.39 is 29.5 Å². The second-order valence-electron chi connectivity index (χ2n) is 5.96. The summed E-state index contributed by atoms with van der Waals surface area (Å²) >= 11 is 1.53. The number of hydrogen-bond acceptors (Lipinski definition) is 4. The third-order valence-electron chi connectivity index (χ3n) is 3.84. The van der Waals surface area contributed by atoms with Gasteiger partial charge in [0.25, 0.3) is 5.91 Å². The monoisotopic (exact) mass is 408 g/mol. The van der Waals surface area contributed by atoms with E-state index in [1.54, 1.807) is 24.3 Å². The molecule has 8 heteroatoms. The Kier molecular flexibility index (Phi) is 8.74. The first-order chi connectivity index (χ1) is 13.5. The van der Waals surface area contributed by atoms with E-state index >= 15 is 0 Å². The maximum absolute atomic E-state index is 13.7. The van der Waals surface area contributed by atoms with Crippen molar-refractivity contribution in [1.29, 1.82) is 0 Å². The number of para-hydroxylation sites is 1. The summed E-state index contributed by atoms with van der Waals surface area (Å²) < 4.78 is 32.3. The van der Waals surface area contributed by atoms with Crippen molar-refractivity contribution in [2.24, 2.45) is 0 Å². The lowest BCUT2D eigenvalue weighted by Crippen LogP contribution is -2.48. The molecular weight excluding hydrogens is 386 g/mol. The first-order valence-corrected chi connectivity index (χ1v) is 10.1. The fourth-order valence-electron chi connectivity index (χ4n) is 2.39. The largest absolute Gasteiger partial charge is 0.484 e. The molecule has 0 aliphatic rings. The molecule has 1 atom stereocenters. The summed E-state index contributed by atoms with van der Waals surface area (Å²) in [6.45, 7) is -0.403. The fourth-order valence-corrected chi connectivity index (χ4v) is 2.86. The first kappa shape index (κ1) is 21.7. The highest BCUT2D eigenvalue weighted by Gasteiger charge is 2.21. The van der Waals surface area contributed by atoms with Gasteiger partial charge in [0.05, 0.1) is 0 Å². The lowest BCUT2D eigenvalue weighted by Gasteiger charge is -2.18. The van der Waals surface area contributed by atoms with Gasteiger partial charge in [0.15, 0.2) is 6.61 Å². The molecule has 0 aliphatic carbocycles. The molecule has 150 valence electrons. The van der Waals surface area contributed by atoms with Gasteiger partial charge in [0.1, 0.15) is 23.4 Å². The van der Waals surface area contributed by atoms with E-state index in [0.717, 1.165) is 18.2 Å². The second kappa shape index (κ2) is 11.3. The number of amides is 2. The Morgan fingerprint density at radius 2 is 1.89 bits per heavy atom. The number of carbonyl (C=O) groups excluding carboxylic acids is 2.